The fourth-order valence-corrected chi connectivity index (χ4v) is 6.50. The van der Waals surface area contributed by atoms with E-state index in [1.165, 1.54) is 0 Å². The van der Waals surface area contributed by atoms with Crippen LogP contribution in [-0.2, 0) is 4.74 Å². The Morgan fingerprint density at radius 3 is 1.83 bits per heavy atom. The first-order chi connectivity index (χ1) is 25.1. The summed E-state index contributed by atoms with van der Waals surface area (Å²) in [4.78, 5) is 63.5. The number of rotatable bonds is 8. The van der Waals surface area contributed by atoms with Crippen molar-refractivity contribution in [2.45, 2.75) is 46.2 Å². The van der Waals surface area contributed by atoms with Crippen LogP contribution in [0, 0.1) is 0 Å². The van der Waals surface area contributed by atoms with E-state index >= 15 is 0 Å². The SMILES string of the molecule is CC(C)NC(=O)N1CCCN(c2nc(-c3ccc(NC(=O)Nc4ccc(C(=O)N5CCN(C(C)C)CC5)cc4)cc3)nc(N3CCOCC3)n2)CC1. The molecule has 3 aromatic rings. The Labute approximate surface area is 305 Å². The number of hydrogen-bond acceptors (Lipinski definition) is 10. The molecule has 0 spiro atoms. The van der Waals surface area contributed by atoms with Crippen molar-refractivity contribution in [3.8, 4) is 11.4 Å². The second-order valence-electron chi connectivity index (χ2n) is 13.9. The predicted octanol–water partition coefficient (Wildman–Crippen LogP) is 3.82. The molecule has 52 heavy (non-hydrogen) atoms. The molecule has 15 nitrogen and oxygen atoms in total. The van der Waals surface area contributed by atoms with Gasteiger partial charge in [0.2, 0.25) is 11.9 Å². The molecule has 3 aliphatic heterocycles. The fraction of sp³-hybridized carbons (Fsp3) is 0.514. The van der Waals surface area contributed by atoms with E-state index in [0.717, 1.165) is 25.1 Å². The van der Waals surface area contributed by atoms with Crippen molar-refractivity contribution in [2.24, 2.45) is 0 Å². The van der Waals surface area contributed by atoms with E-state index in [4.69, 9.17) is 19.7 Å². The summed E-state index contributed by atoms with van der Waals surface area (Å²) in [6, 6.07) is 14.4. The number of aromatic nitrogens is 3. The molecule has 0 saturated carbocycles. The summed E-state index contributed by atoms with van der Waals surface area (Å²) >= 11 is 0. The van der Waals surface area contributed by atoms with Crippen molar-refractivity contribution >= 4 is 41.2 Å². The lowest BCUT2D eigenvalue weighted by atomic mass is 10.1. The van der Waals surface area contributed by atoms with E-state index in [-0.39, 0.29) is 18.0 Å². The first-order valence-electron chi connectivity index (χ1n) is 18.3. The lowest BCUT2D eigenvalue weighted by molar-refractivity contribution is 0.0595. The zero-order valence-corrected chi connectivity index (χ0v) is 30.7. The molecule has 0 atom stereocenters. The summed E-state index contributed by atoms with van der Waals surface area (Å²) in [6.45, 7) is 16.5. The minimum atomic E-state index is -0.397. The number of anilines is 4. The minimum Gasteiger partial charge on any atom is -0.378 e. The molecule has 0 radical (unpaired) electrons. The number of benzene rings is 2. The Balaban J connectivity index is 1.09. The van der Waals surface area contributed by atoms with Gasteiger partial charge >= 0.3 is 12.1 Å². The van der Waals surface area contributed by atoms with Crippen LogP contribution in [-0.4, -0.2) is 138 Å². The van der Waals surface area contributed by atoms with Gasteiger partial charge in [-0.15, -0.1) is 0 Å². The van der Waals surface area contributed by atoms with Gasteiger partial charge in [-0.2, -0.15) is 15.0 Å². The maximum Gasteiger partial charge on any atom is 0.323 e. The summed E-state index contributed by atoms with van der Waals surface area (Å²) in [7, 11) is 0. The molecule has 0 aliphatic carbocycles. The molecule has 3 N–H and O–H groups in total. The maximum atomic E-state index is 13.0. The summed E-state index contributed by atoms with van der Waals surface area (Å²) in [5.74, 6) is 1.69. The number of hydrogen-bond donors (Lipinski definition) is 3. The normalized spacial score (nSPS) is 17.3. The van der Waals surface area contributed by atoms with Crippen molar-refractivity contribution in [3.63, 3.8) is 0 Å². The van der Waals surface area contributed by atoms with Crippen LogP contribution in [0.15, 0.2) is 48.5 Å². The monoisotopic (exact) mass is 713 g/mol. The van der Waals surface area contributed by atoms with Crippen LogP contribution in [0.25, 0.3) is 11.4 Å². The molecule has 5 amide bonds. The second kappa shape index (κ2) is 17.0. The number of urea groups is 2. The van der Waals surface area contributed by atoms with Gasteiger partial charge in [-0.05, 0) is 82.6 Å². The van der Waals surface area contributed by atoms with Gasteiger partial charge in [0.05, 0.1) is 13.2 Å². The number of morpholine rings is 1. The second-order valence-corrected chi connectivity index (χ2v) is 13.9. The Morgan fingerprint density at radius 1 is 0.654 bits per heavy atom. The highest BCUT2D eigenvalue weighted by molar-refractivity contribution is 6.00. The van der Waals surface area contributed by atoms with Crippen LogP contribution < -0.4 is 25.8 Å². The van der Waals surface area contributed by atoms with Gasteiger partial charge < -0.3 is 40.3 Å². The topological polar surface area (TPSA) is 151 Å². The molecular formula is C37H51N11O4. The first kappa shape index (κ1) is 36.8. The van der Waals surface area contributed by atoms with E-state index in [2.05, 4.69) is 44.5 Å². The van der Waals surface area contributed by atoms with Crippen molar-refractivity contribution < 1.29 is 19.1 Å². The van der Waals surface area contributed by atoms with Crippen molar-refractivity contribution in [1.29, 1.82) is 0 Å². The van der Waals surface area contributed by atoms with Crippen LogP contribution in [0.2, 0.25) is 0 Å². The molecule has 2 aromatic carbocycles. The van der Waals surface area contributed by atoms with E-state index in [1.54, 1.807) is 24.3 Å². The number of amides is 5. The number of nitrogens with one attached hydrogen (secondary N) is 3. The fourth-order valence-electron chi connectivity index (χ4n) is 6.50. The summed E-state index contributed by atoms with van der Waals surface area (Å²) in [5, 5.41) is 8.72. The average molecular weight is 714 g/mol. The predicted molar refractivity (Wildman–Crippen MR) is 202 cm³/mol. The molecule has 0 unspecified atom stereocenters. The van der Waals surface area contributed by atoms with Crippen molar-refractivity contribution in [3.05, 3.63) is 54.1 Å². The Bertz CT molecular complexity index is 1670. The number of piperazine rings is 1. The number of nitrogens with zero attached hydrogens (tertiary/aromatic N) is 8. The van der Waals surface area contributed by atoms with Gasteiger partial charge in [0.15, 0.2) is 5.82 Å². The average Bonchev–Trinajstić information content (AvgIpc) is 3.42. The van der Waals surface area contributed by atoms with Gasteiger partial charge in [0.1, 0.15) is 0 Å². The largest absolute Gasteiger partial charge is 0.378 e. The molecule has 15 heteroatoms. The highest BCUT2D eigenvalue weighted by Crippen LogP contribution is 2.25. The molecular weight excluding hydrogens is 662 g/mol. The zero-order valence-electron chi connectivity index (χ0n) is 30.7. The Hall–Kier alpha value is -5.02. The summed E-state index contributed by atoms with van der Waals surface area (Å²) in [6.07, 6.45) is 0.792. The molecule has 278 valence electrons. The van der Waals surface area contributed by atoms with E-state index < -0.39 is 6.03 Å². The smallest absolute Gasteiger partial charge is 0.323 e. The lowest BCUT2D eigenvalue weighted by Gasteiger charge is -2.37. The van der Waals surface area contributed by atoms with E-state index in [1.807, 2.05) is 47.9 Å². The van der Waals surface area contributed by atoms with Gasteiger partial charge in [0, 0.05) is 100 Å². The third kappa shape index (κ3) is 9.44. The van der Waals surface area contributed by atoms with E-state index in [0.29, 0.717) is 106 Å². The summed E-state index contributed by atoms with van der Waals surface area (Å²) in [5.41, 5.74) is 2.57. The van der Waals surface area contributed by atoms with Crippen LogP contribution in [0.4, 0.5) is 32.9 Å². The van der Waals surface area contributed by atoms with Crippen molar-refractivity contribution in [1.82, 2.24) is 35.0 Å². The molecule has 0 bridgehead atoms. The highest BCUT2D eigenvalue weighted by Gasteiger charge is 2.25. The number of carbonyl (C=O) groups excluding carboxylic acids is 3. The van der Waals surface area contributed by atoms with Gasteiger partial charge in [-0.1, -0.05) is 0 Å². The number of ether oxygens (including phenoxy) is 1. The van der Waals surface area contributed by atoms with Crippen LogP contribution in [0.5, 0.6) is 0 Å². The van der Waals surface area contributed by atoms with Crippen LogP contribution >= 0.6 is 0 Å². The van der Waals surface area contributed by atoms with Crippen molar-refractivity contribution in [2.75, 3.05) is 99.1 Å². The van der Waals surface area contributed by atoms with Gasteiger partial charge in [-0.3, -0.25) is 9.69 Å². The number of carbonyl (C=O) groups is 3. The Kier molecular flexibility index (Phi) is 12.0. The van der Waals surface area contributed by atoms with Gasteiger partial charge in [-0.25, -0.2) is 9.59 Å². The maximum absolute atomic E-state index is 13.0. The summed E-state index contributed by atoms with van der Waals surface area (Å²) < 4.78 is 5.57. The third-order valence-electron chi connectivity index (χ3n) is 9.51. The quantitative estimate of drug-likeness (QED) is 0.315. The molecule has 4 heterocycles. The van der Waals surface area contributed by atoms with Crippen LogP contribution in [0.3, 0.4) is 0 Å². The molecule has 3 saturated heterocycles. The van der Waals surface area contributed by atoms with E-state index in [9.17, 15) is 14.4 Å². The van der Waals surface area contributed by atoms with Crippen LogP contribution in [0.1, 0.15) is 44.5 Å². The van der Waals surface area contributed by atoms with Gasteiger partial charge in [0.25, 0.3) is 5.91 Å². The third-order valence-corrected chi connectivity index (χ3v) is 9.51. The first-order valence-corrected chi connectivity index (χ1v) is 18.3. The minimum absolute atomic E-state index is 0.00562. The molecule has 1 aromatic heterocycles. The highest BCUT2D eigenvalue weighted by atomic mass is 16.5. The molecule has 3 aliphatic rings. The zero-order chi connectivity index (χ0) is 36.6. The Morgan fingerprint density at radius 2 is 1.23 bits per heavy atom. The standard InChI is InChI=1S/C37H51N11O4/c1-26(2)38-37(51)48-15-5-14-46(20-21-48)34-41-32(42-35(43-34)47-22-24-52-25-23-47)28-6-10-30(11-7-28)39-36(50)40-31-12-8-29(9-13-31)33(49)45-18-16-44(17-19-45)27(3)4/h6-13,26-27H,5,14-25H2,1-4H3,(H,38,51)(H2,39,40,50). The lowest BCUT2D eigenvalue weighted by Crippen LogP contribution is -2.50. The molecule has 6 rings (SSSR count). The molecule has 3 fully saturated rings.